The van der Waals surface area contributed by atoms with Gasteiger partial charge in [0.25, 0.3) is 17.7 Å². The van der Waals surface area contributed by atoms with Gasteiger partial charge in [0.1, 0.15) is 22.9 Å². The summed E-state index contributed by atoms with van der Waals surface area (Å²) < 4.78 is 3.42. The molecule has 0 saturated heterocycles. The standard InChI is InChI=1S/C22H25N7O3/c1-28-17(12-24-19(28)22(32)25-14-5-2-3-6-14)27-20(30)15-8-7-13-11-16-21(31)23-9-4-10-29(16)18(13)26-15/h7-8,11-12,14H,2-6,9-10H2,1H3,(H,23,31)(H,25,32)(H,27,30). The number of amides is 3. The molecule has 0 radical (unpaired) electrons. The quantitative estimate of drug-likeness (QED) is 0.577. The summed E-state index contributed by atoms with van der Waals surface area (Å²) in [5, 5.41) is 9.46. The number of pyridine rings is 1. The second-order valence-electron chi connectivity index (χ2n) is 8.34. The van der Waals surface area contributed by atoms with Gasteiger partial charge in [-0.2, -0.15) is 0 Å². The molecule has 1 aliphatic heterocycles. The van der Waals surface area contributed by atoms with Crippen molar-refractivity contribution in [2.24, 2.45) is 7.05 Å². The van der Waals surface area contributed by atoms with Crippen molar-refractivity contribution in [1.82, 2.24) is 29.7 Å². The van der Waals surface area contributed by atoms with Crippen molar-refractivity contribution >= 4 is 34.6 Å². The summed E-state index contributed by atoms with van der Waals surface area (Å²) in [7, 11) is 1.69. The van der Waals surface area contributed by atoms with Gasteiger partial charge in [-0.25, -0.2) is 9.97 Å². The van der Waals surface area contributed by atoms with Crippen LogP contribution in [-0.4, -0.2) is 49.4 Å². The molecular formula is C22H25N7O3. The first-order valence-electron chi connectivity index (χ1n) is 10.9. The van der Waals surface area contributed by atoms with E-state index in [0.717, 1.165) is 37.5 Å². The summed E-state index contributed by atoms with van der Waals surface area (Å²) in [6, 6.07) is 5.39. The molecule has 0 spiro atoms. The molecule has 32 heavy (non-hydrogen) atoms. The van der Waals surface area contributed by atoms with E-state index in [1.165, 1.54) is 6.20 Å². The first-order chi connectivity index (χ1) is 15.5. The van der Waals surface area contributed by atoms with Crippen molar-refractivity contribution in [1.29, 1.82) is 0 Å². The summed E-state index contributed by atoms with van der Waals surface area (Å²) >= 11 is 0. The van der Waals surface area contributed by atoms with Crippen LogP contribution in [0.4, 0.5) is 5.82 Å². The Morgan fingerprint density at radius 2 is 1.97 bits per heavy atom. The molecule has 10 heteroatoms. The summed E-state index contributed by atoms with van der Waals surface area (Å²) in [6.45, 7) is 1.26. The molecule has 166 valence electrons. The van der Waals surface area contributed by atoms with E-state index >= 15 is 0 Å². The van der Waals surface area contributed by atoms with E-state index in [2.05, 4.69) is 25.9 Å². The van der Waals surface area contributed by atoms with E-state index < -0.39 is 5.91 Å². The lowest BCUT2D eigenvalue weighted by molar-refractivity contribution is 0.0921. The number of rotatable bonds is 4. The molecule has 0 bridgehead atoms. The van der Waals surface area contributed by atoms with Gasteiger partial charge in [0.2, 0.25) is 0 Å². The van der Waals surface area contributed by atoms with E-state index in [9.17, 15) is 14.4 Å². The number of nitrogens with one attached hydrogen (secondary N) is 3. The van der Waals surface area contributed by atoms with Crippen molar-refractivity contribution in [3.05, 3.63) is 41.6 Å². The van der Waals surface area contributed by atoms with E-state index in [0.29, 0.717) is 30.2 Å². The number of anilines is 1. The molecule has 2 aliphatic rings. The maximum atomic E-state index is 12.9. The summed E-state index contributed by atoms with van der Waals surface area (Å²) in [5.41, 5.74) is 1.37. The largest absolute Gasteiger partial charge is 0.351 e. The first-order valence-corrected chi connectivity index (χ1v) is 10.9. The van der Waals surface area contributed by atoms with Gasteiger partial charge in [-0.05, 0) is 37.5 Å². The van der Waals surface area contributed by atoms with Crippen LogP contribution in [0.25, 0.3) is 11.0 Å². The average Bonchev–Trinajstić information content (AvgIpc) is 3.48. The van der Waals surface area contributed by atoms with Gasteiger partial charge in [0.05, 0.1) is 6.20 Å². The van der Waals surface area contributed by atoms with E-state index in [1.807, 2.05) is 4.57 Å². The molecular weight excluding hydrogens is 410 g/mol. The highest BCUT2D eigenvalue weighted by Crippen LogP contribution is 2.22. The van der Waals surface area contributed by atoms with Crippen molar-refractivity contribution in [3.8, 4) is 0 Å². The molecule has 0 aromatic carbocycles. The van der Waals surface area contributed by atoms with Crippen LogP contribution in [0.1, 0.15) is 63.7 Å². The maximum Gasteiger partial charge on any atom is 0.287 e. The van der Waals surface area contributed by atoms with Crippen LogP contribution in [-0.2, 0) is 13.6 Å². The smallest absolute Gasteiger partial charge is 0.287 e. The molecule has 1 saturated carbocycles. The van der Waals surface area contributed by atoms with Gasteiger partial charge in [0.15, 0.2) is 5.82 Å². The van der Waals surface area contributed by atoms with Gasteiger partial charge in [-0.15, -0.1) is 0 Å². The number of nitrogens with zero attached hydrogens (tertiary/aromatic N) is 4. The second kappa shape index (κ2) is 8.10. The predicted molar refractivity (Wildman–Crippen MR) is 118 cm³/mol. The summed E-state index contributed by atoms with van der Waals surface area (Å²) in [4.78, 5) is 46.4. The lowest BCUT2D eigenvalue weighted by Crippen LogP contribution is -2.34. The third-order valence-electron chi connectivity index (χ3n) is 6.18. The van der Waals surface area contributed by atoms with Gasteiger partial charge in [-0.1, -0.05) is 12.8 Å². The number of aryl methyl sites for hydroxylation is 1. The van der Waals surface area contributed by atoms with Gasteiger partial charge < -0.3 is 25.1 Å². The van der Waals surface area contributed by atoms with Crippen molar-refractivity contribution in [2.75, 3.05) is 11.9 Å². The first kappa shape index (κ1) is 20.2. The SMILES string of the molecule is Cn1c(NC(=O)c2ccc3cc4n(c3n2)CCCNC4=O)cnc1C(=O)NC1CCCC1. The van der Waals surface area contributed by atoms with Gasteiger partial charge >= 0.3 is 0 Å². The maximum absolute atomic E-state index is 12.9. The number of carbonyl (C=O) groups is 3. The molecule has 3 aromatic heterocycles. The molecule has 4 heterocycles. The van der Waals surface area contributed by atoms with E-state index in [-0.39, 0.29) is 29.4 Å². The predicted octanol–water partition coefficient (Wildman–Crippen LogP) is 1.83. The highest BCUT2D eigenvalue weighted by Gasteiger charge is 2.23. The van der Waals surface area contributed by atoms with Crippen molar-refractivity contribution in [3.63, 3.8) is 0 Å². The van der Waals surface area contributed by atoms with Gasteiger partial charge in [0, 0.05) is 31.6 Å². The zero-order valence-electron chi connectivity index (χ0n) is 17.9. The van der Waals surface area contributed by atoms with Crippen LogP contribution in [0.15, 0.2) is 24.4 Å². The number of carbonyl (C=O) groups excluding carboxylic acids is 3. The summed E-state index contributed by atoms with van der Waals surface area (Å²) in [5.74, 6) is -0.134. The Hall–Kier alpha value is -3.69. The Balaban J connectivity index is 1.36. The number of hydrogen-bond acceptors (Lipinski definition) is 5. The lowest BCUT2D eigenvalue weighted by Gasteiger charge is -2.12. The highest BCUT2D eigenvalue weighted by atomic mass is 16.2. The lowest BCUT2D eigenvalue weighted by atomic mass is 10.2. The molecule has 0 unspecified atom stereocenters. The fourth-order valence-corrected chi connectivity index (χ4v) is 4.44. The highest BCUT2D eigenvalue weighted by molar-refractivity contribution is 6.05. The fraction of sp³-hybridized carbons (Fsp3) is 0.409. The number of imidazole rings is 1. The second-order valence-corrected chi connectivity index (χ2v) is 8.34. The molecule has 1 fully saturated rings. The fourth-order valence-electron chi connectivity index (χ4n) is 4.44. The van der Waals surface area contributed by atoms with Crippen LogP contribution in [0.3, 0.4) is 0 Å². The Morgan fingerprint density at radius 1 is 1.16 bits per heavy atom. The van der Waals surface area contributed by atoms with Gasteiger partial charge in [-0.3, -0.25) is 14.4 Å². The molecule has 3 amide bonds. The van der Waals surface area contributed by atoms with Crippen molar-refractivity contribution in [2.45, 2.75) is 44.7 Å². The molecule has 1 aliphatic carbocycles. The Bertz CT molecular complexity index is 1220. The molecule has 5 rings (SSSR count). The van der Waals surface area contributed by atoms with E-state index in [1.54, 1.807) is 29.8 Å². The zero-order valence-corrected chi connectivity index (χ0v) is 17.9. The Kier molecular flexibility index (Phi) is 5.12. The number of aromatic nitrogens is 4. The molecule has 3 N–H and O–H groups in total. The van der Waals surface area contributed by atoms with Crippen molar-refractivity contribution < 1.29 is 14.4 Å². The third-order valence-corrected chi connectivity index (χ3v) is 6.18. The minimum atomic E-state index is -0.411. The normalized spacial score (nSPS) is 16.5. The minimum Gasteiger partial charge on any atom is -0.351 e. The number of fused-ring (bicyclic) bond motifs is 3. The Labute approximate surface area is 184 Å². The van der Waals surface area contributed by atoms with Crippen LogP contribution >= 0.6 is 0 Å². The van der Waals surface area contributed by atoms with Crippen LogP contribution in [0.5, 0.6) is 0 Å². The Morgan fingerprint density at radius 3 is 2.78 bits per heavy atom. The molecule has 0 atom stereocenters. The average molecular weight is 435 g/mol. The van der Waals surface area contributed by atoms with Crippen LogP contribution in [0.2, 0.25) is 0 Å². The zero-order chi connectivity index (χ0) is 22.2. The third kappa shape index (κ3) is 3.61. The minimum absolute atomic E-state index is 0.134. The topological polar surface area (TPSA) is 123 Å². The van der Waals surface area contributed by atoms with E-state index in [4.69, 9.17) is 0 Å². The molecule has 3 aromatic rings. The van der Waals surface area contributed by atoms with Crippen LogP contribution in [0, 0.1) is 0 Å². The monoisotopic (exact) mass is 435 g/mol. The van der Waals surface area contributed by atoms with Crippen LogP contribution < -0.4 is 16.0 Å². The number of hydrogen-bond donors (Lipinski definition) is 3. The molecule has 10 nitrogen and oxygen atoms in total. The summed E-state index contributed by atoms with van der Waals surface area (Å²) in [6.07, 6.45) is 6.48.